The third-order valence-electron chi connectivity index (χ3n) is 2.77. The summed E-state index contributed by atoms with van der Waals surface area (Å²) in [7, 11) is 0. The van der Waals surface area contributed by atoms with Crippen LogP contribution in [-0.2, 0) is 13.0 Å². The highest BCUT2D eigenvalue weighted by Crippen LogP contribution is 2.25. The van der Waals surface area contributed by atoms with Gasteiger partial charge in [-0.1, -0.05) is 6.07 Å². The topological polar surface area (TPSA) is 96.7 Å². The van der Waals surface area contributed by atoms with Crippen LogP contribution in [0.15, 0.2) is 29.0 Å². The Morgan fingerprint density at radius 3 is 3.00 bits per heavy atom. The van der Waals surface area contributed by atoms with Crippen molar-refractivity contribution in [2.24, 2.45) is 0 Å². The summed E-state index contributed by atoms with van der Waals surface area (Å²) in [6.07, 6.45) is 3.24. The predicted octanol–water partition coefficient (Wildman–Crippen LogP) is 2.20. The highest BCUT2D eigenvalue weighted by Gasteiger charge is 2.11. The average Bonchev–Trinajstić information content (AvgIpc) is 2.93. The van der Waals surface area contributed by atoms with Crippen molar-refractivity contribution in [3.05, 3.63) is 50.5 Å². The summed E-state index contributed by atoms with van der Waals surface area (Å²) in [6, 6.07) is 5.14. The molecule has 20 heavy (non-hydrogen) atoms. The molecule has 0 bridgehead atoms. The SMILES string of the molecule is O=[N+]([O-])c1cc(CNCCCc2ncn[nH]2)ccc1Br. The minimum atomic E-state index is -0.391. The highest BCUT2D eigenvalue weighted by atomic mass is 79.9. The normalized spacial score (nSPS) is 10.7. The number of halogens is 1. The molecular formula is C12H14BrN5O2. The summed E-state index contributed by atoms with van der Waals surface area (Å²) in [5.41, 5.74) is 0.977. The lowest BCUT2D eigenvalue weighted by atomic mass is 10.2. The molecule has 2 rings (SSSR count). The fourth-order valence-corrected chi connectivity index (χ4v) is 2.16. The molecule has 0 unspecified atom stereocenters. The monoisotopic (exact) mass is 339 g/mol. The molecule has 0 amide bonds. The first-order chi connectivity index (χ1) is 9.66. The van der Waals surface area contributed by atoms with Crippen LogP contribution in [0.4, 0.5) is 5.69 Å². The number of hydrogen-bond donors (Lipinski definition) is 2. The smallest absolute Gasteiger partial charge is 0.283 e. The van der Waals surface area contributed by atoms with Gasteiger partial charge in [0.1, 0.15) is 12.2 Å². The Bertz CT molecular complexity index is 573. The van der Waals surface area contributed by atoms with Crippen molar-refractivity contribution in [2.75, 3.05) is 6.54 Å². The van der Waals surface area contributed by atoms with Crippen LogP contribution in [0.5, 0.6) is 0 Å². The lowest BCUT2D eigenvalue weighted by Gasteiger charge is -2.05. The number of aryl methyl sites for hydroxylation is 1. The van der Waals surface area contributed by atoms with E-state index in [4.69, 9.17) is 0 Å². The second kappa shape index (κ2) is 7.11. The molecule has 0 saturated carbocycles. The van der Waals surface area contributed by atoms with Gasteiger partial charge in [-0.3, -0.25) is 15.2 Å². The number of benzene rings is 1. The largest absolute Gasteiger partial charge is 0.313 e. The number of hydrogen-bond acceptors (Lipinski definition) is 5. The fourth-order valence-electron chi connectivity index (χ4n) is 1.77. The van der Waals surface area contributed by atoms with Crippen LogP contribution in [0.25, 0.3) is 0 Å². The summed E-state index contributed by atoms with van der Waals surface area (Å²) in [5.74, 6) is 0.867. The predicted molar refractivity (Wildman–Crippen MR) is 77.2 cm³/mol. The van der Waals surface area contributed by atoms with Gasteiger partial charge in [-0.2, -0.15) is 5.10 Å². The Morgan fingerprint density at radius 2 is 2.30 bits per heavy atom. The first kappa shape index (κ1) is 14.6. The van der Waals surface area contributed by atoms with E-state index < -0.39 is 4.92 Å². The van der Waals surface area contributed by atoms with Gasteiger partial charge in [0.2, 0.25) is 0 Å². The van der Waals surface area contributed by atoms with Gasteiger partial charge in [0, 0.05) is 19.0 Å². The van der Waals surface area contributed by atoms with E-state index in [0.29, 0.717) is 11.0 Å². The summed E-state index contributed by atoms with van der Waals surface area (Å²) in [5, 5.41) is 20.7. The zero-order valence-corrected chi connectivity index (χ0v) is 12.3. The molecule has 0 radical (unpaired) electrons. The van der Waals surface area contributed by atoms with E-state index in [9.17, 15) is 10.1 Å². The van der Waals surface area contributed by atoms with Crippen molar-refractivity contribution in [3.63, 3.8) is 0 Å². The fraction of sp³-hybridized carbons (Fsp3) is 0.333. The lowest BCUT2D eigenvalue weighted by molar-refractivity contribution is -0.385. The molecule has 0 aliphatic carbocycles. The zero-order chi connectivity index (χ0) is 14.4. The van der Waals surface area contributed by atoms with Gasteiger partial charge in [-0.25, -0.2) is 4.98 Å². The van der Waals surface area contributed by atoms with Crippen molar-refractivity contribution < 1.29 is 4.92 Å². The third-order valence-corrected chi connectivity index (χ3v) is 3.44. The summed E-state index contributed by atoms with van der Waals surface area (Å²) in [6.45, 7) is 1.41. The molecule has 8 heteroatoms. The number of nitro benzene ring substituents is 1. The van der Waals surface area contributed by atoms with Crippen LogP contribution >= 0.6 is 15.9 Å². The van der Waals surface area contributed by atoms with E-state index in [0.717, 1.165) is 30.8 Å². The molecular weight excluding hydrogens is 326 g/mol. The van der Waals surface area contributed by atoms with Gasteiger partial charge >= 0.3 is 0 Å². The Hall–Kier alpha value is -1.80. The second-order valence-corrected chi connectivity index (χ2v) is 5.11. The molecule has 0 atom stereocenters. The number of nitrogens with one attached hydrogen (secondary N) is 2. The average molecular weight is 340 g/mol. The molecule has 2 N–H and O–H groups in total. The number of H-pyrrole nitrogens is 1. The molecule has 0 aliphatic heterocycles. The number of rotatable bonds is 7. The van der Waals surface area contributed by atoms with Crippen molar-refractivity contribution in [1.82, 2.24) is 20.5 Å². The van der Waals surface area contributed by atoms with E-state index in [1.165, 1.54) is 6.33 Å². The van der Waals surface area contributed by atoms with E-state index in [1.807, 2.05) is 6.07 Å². The van der Waals surface area contributed by atoms with Gasteiger partial charge in [0.05, 0.1) is 9.40 Å². The zero-order valence-electron chi connectivity index (χ0n) is 10.7. The highest BCUT2D eigenvalue weighted by molar-refractivity contribution is 9.10. The Kier molecular flexibility index (Phi) is 5.19. The number of aromatic nitrogens is 3. The van der Waals surface area contributed by atoms with Crippen LogP contribution in [-0.4, -0.2) is 26.6 Å². The molecule has 0 saturated heterocycles. The molecule has 0 aliphatic rings. The van der Waals surface area contributed by atoms with Crippen molar-refractivity contribution in [2.45, 2.75) is 19.4 Å². The van der Waals surface area contributed by atoms with Crippen LogP contribution in [0.1, 0.15) is 17.8 Å². The first-order valence-electron chi connectivity index (χ1n) is 6.14. The van der Waals surface area contributed by atoms with Crippen LogP contribution in [0, 0.1) is 10.1 Å². The molecule has 106 valence electrons. The number of nitrogens with zero attached hydrogens (tertiary/aromatic N) is 3. The second-order valence-electron chi connectivity index (χ2n) is 4.26. The maximum Gasteiger partial charge on any atom is 0.283 e. The molecule has 7 nitrogen and oxygen atoms in total. The maximum atomic E-state index is 10.8. The van der Waals surface area contributed by atoms with Crippen LogP contribution < -0.4 is 5.32 Å². The van der Waals surface area contributed by atoms with E-state index in [2.05, 4.69) is 36.4 Å². The van der Waals surface area contributed by atoms with Gasteiger partial charge in [0.15, 0.2) is 0 Å². The number of aromatic amines is 1. The molecule has 2 aromatic rings. The minimum Gasteiger partial charge on any atom is -0.313 e. The van der Waals surface area contributed by atoms with E-state index in [-0.39, 0.29) is 5.69 Å². The van der Waals surface area contributed by atoms with Crippen LogP contribution in [0.2, 0.25) is 0 Å². The van der Waals surface area contributed by atoms with Crippen LogP contribution in [0.3, 0.4) is 0 Å². The quantitative estimate of drug-likeness (QED) is 0.458. The van der Waals surface area contributed by atoms with Crippen molar-refractivity contribution in [3.8, 4) is 0 Å². The molecule has 1 aromatic heterocycles. The third kappa shape index (κ3) is 4.10. The van der Waals surface area contributed by atoms with Crippen molar-refractivity contribution in [1.29, 1.82) is 0 Å². The molecule has 0 spiro atoms. The summed E-state index contributed by atoms with van der Waals surface area (Å²) < 4.78 is 0.497. The molecule has 1 heterocycles. The number of nitro groups is 1. The molecule has 1 aromatic carbocycles. The van der Waals surface area contributed by atoms with E-state index >= 15 is 0 Å². The van der Waals surface area contributed by atoms with Crippen molar-refractivity contribution >= 4 is 21.6 Å². The maximum absolute atomic E-state index is 10.8. The Morgan fingerprint density at radius 1 is 1.45 bits per heavy atom. The molecule has 0 fully saturated rings. The van der Waals surface area contributed by atoms with E-state index in [1.54, 1.807) is 12.1 Å². The van der Waals surface area contributed by atoms with Gasteiger partial charge in [-0.15, -0.1) is 0 Å². The first-order valence-corrected chi connectivity index (χ1v) is 6.94. The van der Waals surface area contributed by atoms with Gasteiger partial charge in [0.25, 0.3) is 5.69 Å². The Labute approximate surface area is 124 Å². The Balaban J connectivity index is 1.76. The lowest BCUT2D eigenvalue weighted by Crippen LogP contribution is -2.15. The van der Waals surface area contributed by atoms with Gasteiger partial charge < -0.3 is 5.32 Å². The minimum absolute atomic E-state index is 0.0889. The summed E-state index contributed by atoms with van der Waals surface area (Å²) in [4.78, 5) is 14.5. The summed E-state index contributed by atoms with van der Waals surface area (Å²) >= 11 is 3.17. The standard InChI is InChI=1S/C12H14BrN5O2/c13-10-4-3-9(6-11(10)18(19)20)7-14-5-1-2-12-15-8-16-17-12/h3-4,6,8,14H,1-2,5,7H2,(H,15,16,17). The van der Waals surface area contributed by atoms with Gasteiger partial charge in [-0.05, 0) is 40.5 Å².